The van der Waals surface area contributed by atoms with E-state index in [2.05, 4.69) is 24.3 Å². The van der Waals surface area contributed by atoms with Crippen LogP contribution in [-0.2, 0) is 13.5 Å². The predicted molar refractivity (Wildman–Crippen MR) is 76.7 cm³/mol. The number of anilines is 2. The van der Waals surface area contributed by atoms with E-state index in [9.17, 15) is 0 Å². The van der Waals surface area contributed by atoms with Gasteiger partial charge in [-0.05, 0) is 38.0 Å². The average molecular weight is 250 g/mol. The molecule has 0 atom stereocenters. The number of nitrogen functional groups attached to an aromatic ring is 1. The highest BCUT2D eigenvalue weighted by molar-refractivity contribution is 5.65. The first-order valence-electron chi connectivity index (χ1n) is 7.19. The lowest BCUT2D eigenvalue weighted by atomic mass is 9.87. The second kappa shape index (κ2) is 5.63. The van der Waals surface area contributed by atoms with Crippen molar-refractivity contribution in [3.8, 4) is 0 Å². The van der Waals surface area contributed by atoms with E-state index in [0.29, 0.717) is 6.04 Å². The minimum absolute atomic E-state index is 0.563. The quantitative estimate of drug-likeness (QED) is 0.864. The number of aromatic nitrogens is 2. The van der Waals surface area contributed by atoms with Gasteiger partial charge in [-0.25, -0.2) is 0 Å². The van der Waals surface area contributed by atoms with E-state index in [1.165, 1.54) is 25.7 Å². The van der Waals surface area contributed by atoms with Crippen LogP contribution in [0.5, 0.6) is 0 Å². The number of aryl methyl sites for hydroxylation is 2. The molecule has 1 heterocycles. The number of nitrogens with two attached hydrogens (primary N) is 1. The Hall–Kier alpha value is -1.19. The van der Waals surface area contributed by atoms with E-state index >= 15 is 0 Å². The monoisotopic (exact) mass is 250 g/mol. The van der Waals surface area contributed by atoms with Crippen LogP contribution in [0, 0.1) is 5.92 Å². The first-order valence-corrected chi connectivity index (χ1v) is 7.19. The molecule has 1 aromatic rings. The van der Waals surface area contributed by atoms with Crippen molar-refractivity contribution in [2.75, 3.05) is 11.1 Å². The maximum absolute atomic E-state index is 6.19. The Balaban J connectivity index is 2.04. The molecule has 1 aliphatic carbocycles. The lowest BCUT2D eigenvalue weighted by Crippen LogP contribution is -2.26. The van der Waals surface area contributed by atoms with E-state index in [0.717, 1.165) is 36.0 Å². The summed E-state index contributed by atoms with van der Waals surface area (Å²) in [5.74, 6) is 1.89. The SMILES string of the molecule is CCCc1nn(C)c(NC2CCC(C)CC2)c1N. The van der Waals surface area contributed by atoms with Gasteiger partial charge in [-0.3, -0.25) is 4.68 Å². The van der Waals surface area contributed by atoms with Crippen molar-refractivity contribution in [2.45, 2.75) is 58.4 Å². The molecule has 18 heavy (non-hydrogen) atoms. The van der Waals surface area contributed by atoms with Gasteiger partial charge in [0.15, 0.2) is 0 Å². The summed E-state index contributed by atoms with van der Waals surface area (Å²) >= 11 is 0. The smallest absolute Gasteiger partial charge is 0.147 e. The van der Waals surface area contributed by atoms with Crippen LogP contribution in [0.2, 0.25) is 0 Å². The molecule has 1 fully saturated rings. The Kier molecular flexibility index (Phi) is 4.15. The molecular weight excluding hydrogens is 224 g/mol. The second-order valence-corrected chi connectivity index (χ2v) is 5.68. The van der Waals surface area contributed by atoms with Crippen molar-refractivity contribution in [2.24, 2.45) is 13.0 Å². The number of nitrogens with one attached hydrogen (secondary N) is 1. The molecule has 0 spiro atoms. The molecule has 0 unspecified atom stereocenters. The molecule has 0 bridgehead atoms. The zero-order chi connectivity index (χ0) is 13.1. The number of hydrogen-bond donors (Lipinski definition) is 2. The summed E-state index contributed by atoms with van der Waals surface area (Å²) in [5, 5.41) is 8.10. The van der Waals surface area contributed by atoms with Crippen LogP contribution in [-0.4, -0.2) is 15.8 Å². The van der Waals surface area contributed by atoms with E-state index in [-0.39, 0.29) is 0 Å². The minimum atomic E-state index is 0.563. The van der Waals surface area contributed by atoms with E-state index in [4.69, 9.17) is 5.73 Å². The molecule has 0 aliphatic heterocycles. The third kappa shape index (κ3) is 2.79. The predicted octanol–water partition coefficient (Wildman–Crippen LogP) is 2.95. The molecule has 1 aliphatic rings. The fourth-order valence-corrected chi connectivity index (χ4v) is 2.79. The summed E-state index contributed by atoms with van der Waals surface area (Å²) < 4.78 is 1.90. The van der Waals surface area contributed by atoms with Crippen molar-refractivity contribution in [3.05, 3.63) is 5.69 Å². The van der Waals surface area contributed by atoms with Gasteiger partial charge in [0.2, 0.25) is 0 Å². The van der Waals surface area contributed by atoms with Crippen molar-refractivity contribution < 1.29 is 0 Å². The summed E-state index contributed by atoms with van der Waals surface area (Å²) in [5.41, 5.74) is 8.07. The summed E-state index contributed by atoms with van der Waals surface area (Å²) in [6.45, 7) is 4.50. The Morgan fingerprint density at radius 1 is 1.33 bits per heavy atom. The van der Waals surface area contributed by atoms with E-state index in [1.54, 1.807) is 0 Å². The van der Waals surface area contributed by atoms with Gasteiger partial charge in [0.05, 0.1) is 11.4 Å². The first kappa shape index (κ1) is 13.2. The van der Waals surface area contributed by atoms with Crippen molar-refractivity contribution in [1.82, 2.24) is 9.78 Å². The van der Waals surface area contributed by atoms with Crippen LogP contribution < -0.4 is 11.1 Å². The molecule has 2 rings (SSSR count). The molecule has 3 N–H and O–H groups in total. The van der Waals surface area contributed by atoms with Gasteiger partial charge in [-0.1, -0.05) is 20.3 Å². The fourth-order valence-electron chi connectivity index (χ4n) is 2.79. The highest BCUT2D eigenvalue weighted by Crippen LogP contribution is 2.29. The number of nitrogens with zero attached hydrogens (tertiary/aromatic N) is 2. The van der Waals surface area contributed by atoms with Crippen LogP contribution in [0.4, 0.5) is 11.5 Å². The van der Waals surface area contributed by atoms with E-state index < -0.39 is 0 Å². The number of rotatable bonds is 4. The average Bonchev–Trinajstić information content (AvgIpc) is 2.60. The first-order chi connectivity index (χ1) is 8.61. The van der Waals surface area contributed by atoms with Crippen LogP contribution in [0.15, 0.2) is 0 Å². The van der Waals surface area contributed by atoms with E-state index in [1.807, 2.05) is 11.7 Å². The molecule has 4 nitrogen and oxygen atoms in total. The van der Waals surface area contributed by atoms with Crippen LogP contribution >= 0.6 is 0 Å². The minimum Gasteiger partial charge on any atom is -0.394 e. The van der Waals surface area contributed by atoms with Gasteiger partial charge < -0.3 is 11.1 Å². The van der Waals surface area contributed by atoms with Crippen LogP contribution in [0.1, 0.15) is 51.6 Å². The third-order valence-corrected chi connectivity index (χ3v) is 4.00. The molecule has 1 aromatic heterocycles. The maximum Gasteiger partial charge on any atom is 0.147 e. The Morgan fingerprint density at radius 2 is 2.00 bits per heavy atom. The summed E-state index contributed by atoms with van der Waals surface area (Å²) in [6, 6.07) is 0.563. The summed E-state index contributed by atoms with van der Waals surface area (Å²) in [6.07, 6.45) is 7.17. The summed E-state index contributed by atoms with van der Waals surface area (Å²) in [4.78, 5) is 0. The molecule has 0 aromatic carbocycles. The Labute approximate surface area is 110 Å². The molecule has 0 amide bonds. The Morgan fingerprint density at radius 3 is 2.61 bits per heavy atom. The Bertz CT molecular complexity index is 389. The highest BCUT2D eigenvalue weighted by atomic mass is 15.3. The molecule has 0 radical (unpaired) electrons. The zero-order valence-corrected chi connectivity index (χ0v) is 11.9. The van der Waals surface area contributed by atoms with Crippen molar-refractivity contribution in [1.29, 1.82) is 0 Å². The van der Waals surface area contributed by atoms with Gasteiger partial charge >= 0.3 is 0 Å². The van der Waals surface area contributed by atoms with Crippen molar-refractivity contribution >= 4 is 11.5 Å². The molecule has 1 saturated carbocycles. The fraction of sp³-hybridized carbons (Fsp3) is 0.786. The molecular formula is C14H26N4. The lowest BCUT2D eigenvalue weighted by molar-refractivity contribution is 0.360. The number of hydrogen-bond acceptors (Lipinski definition) is 3. The lowest BCUT2D eigenvalue weighted by Gasteiger charge is -2.27. The maximum atomic E-state index is 6.19. The van der Waals surface area contributed by atoms with Gasteiger partial charge in [-0.2, -0.15) is 5.10 Å². The van der Waals surface area contributed by atoms with Gasteiger partial charge in [0.25, 0.3) is 0 Å². The van der Waals surface area contributed by atoms with Gasteiger partial charge in [0, 0.05) is 13.1 Å². The van der Waals surface area contributed by atoms with Crippen LogP contribution in [0.25, 0.3) is 0 Å². The van der Waals surface area contributed by atoms with Crippen LogP contribution in [0.3, 0.4) is 0 Å². The largest absolute Gasteiger partial charge is 0.394 e. The molecule has 0 saturated heterocycles. The third-order valence-electron chi connectivity index (χ3n) is 4.00. The summed E-state index contributed by atoms with van der Waals surface area (Å²) in [7, 11) is 1.98. The highest BCUT2D eigenvalue weighted by Gasteiger charge is 2.21. The standard InChI is InChI=1S/C14H26N4/c1-4-5-12-13(15)14(18(3)17-12)16-11-8-6-10(2)7-9-11/h10-11,16H,4-9,15H2,1-3H3. The van der Waals surface area contributed by atoms with Crippen molar-refractivity contribution in [3.63, 3.8) is 0 Å². The van der Waals surface area contributed by atoms with Gasteiger partial charge in [-0.15, -0.1) is 0 Å². The zero-order valence-electron chi connectivity index (χ0n) is 11.9. The topological polar surface area (TPSA) is 55.9 Å². The normalized spacial score (nSPS) is 24.2. The molecule has 102 valence electrons. The van der Waals surface area contributed by atoms with Gasteiger partial charge in [0.1, 0.15) is 5.82 Å². The molecule has 4 heteroatoms. The second-order valence-electron chi connectivity index (χ2n) is 5.68.